The van der Waals surface area contributed by atoms with Crippen molar-refractivity contribution in [2.45, 2.75) is 26.7 Å². The van der Waals surface area contributed by atoms with Gasteiger partial charge in [-0.3, -0.25) is 4.99 Å². The number of aliphatic imine (C=N–C) groups is 1. The average molecular weight is 294 g/mol. The van der Waals surface area contributed by atoms with Crippen molar-refractivity contribution in [2.24, 2.45) is 4.99 Å². The third-order valence-corrected chi connectivity index (χ3v) is 4.43. The summed E-state index contributed by atoms with van der Waals surface area (Å²) >= 11 is 1.83. The van der Waals surface area contributed by atoms with Crippen molar-refractivity contribution < 1.29 is 0 Å². The first-order valence-electron chi connectivity index (χ1n) is 7.66. The molecule has 2 heterocycles. The molecule has 0 saturated carbocycles. The molecule has 0 spiro atoms. The van der Waals surface area contributed by atoms with Gasteiger partial charge in [0.25, 0.3) is 0 Å². The van der Waals surface area contributed by atoms with Gasteiger partial charge in [0.15, 0.2) is 5.96 Å². The number of thiophene rings is 1. The van der Waals surface area contributed by atoms with Crippen molar-refractivity contribution >= 4 is 22.3 Å². The van der Waals surface area contributed by atoms with E-state index in [2.05, 4.69) is 46.5 Å². The van der Waals surface area contributed by atoms with E-state index in [0.717, 1.165) is 45.2 Å². The van der Waals surface area contributed by atoms with E-state index < -0.39 is 0 Å². The van der Waals surface area contributed by atoms with Crippen LogP contribution in [0.1, 0.15) is 26.7 Å². The second kappa shape index (κ2) is 8.15. The van der Waals surface area contributed by atoms with Crippen LogP contribution >= 0.6 is 11.3 Å². The number of piperazine rings is 1. The lowest BCUT2D eigenvalue weighted by Gasteiger charge is -2.37. The smallest absolute Gasteiger partial charge is 0.194 e. The number of anilines is 1. The number of hydrogen-bond acceptors (Lipinski definition) is 3. The summed E-state index contributed by atoms with van der Waals surface area (Å²) in [6.07, 6.45) is 2.37. The molecule has 1 aromatic rings. The highest BCUT2D eigenvalue weighted by atomic mass is 32.1. The summed E-state index contributed by atoms with van der Waals surface area (Å²) in [5, 5.41) is 6.96. The molecule has 1 N–H and O–H groups in total. The Labute approximate surface area is 126 Å². The molecule has 1 aromatic heterocycles. The van der Waals surface area contributed by atoms with Crippen LogP contribution < -0.4 is 10.2 Å². The van der Waals surface area contributed by atoms with Crippen molar-refractivity contribution in [1.82, 2.24) is 10.2 Å². The molecule has 0 atom stereocenters. The highest BCUT2D eigenvalue weighted by Crippen LogP contribution is 2.22. The maximum atomic E-state index is 4.73. The molecule has 0 amide bonds. The first kappa shape index (κ1) is 15.2. The Kier molecular flexibility index (Phi) is 6.18. The number of guanidine groups is 1. The van der Waals surface area contributed by atoms with E-state index in [1.807, 2.05) is 11.3 Å². The summed E-state index contributed by atoms with van der Waals surface area (Å²) in [6.45, 7) is 10.5. The molecule has 20 heavy (non-hydrogen) atoms. The lowest BCUT2D eigenvalue weighted by atomic mass is 10.3. The van der Waals surface area contributed by atoms with Gasteiger partial charge in [-0.1, -0.05) is 13.3 Å². The van der Waals surface area contributed by atoms with Crippen LogP contribution in [0.4, 0.5) is 5.00 Å². The summed E-state index contributed by atoms with van der Waals surface area (Å²) in [6, 6.07) is 4.34. The van der Waals surface area contributed by atoms with Gasteiger partial charge in [0.05, 0.1) is 5.00 Å². The van der Waals surface area contributed by atoms with E-state index in [0.29, 0.717) is 0 Å². The lowest BCUT2D eigenvalue weighted by molar-refractivity contribution is 0.373. The van der Waals surface area contributed by atoms with E-state index in [-0.39, 0.29) is 0 Å². The molecule has 5 heteroatoms. The molecule has 1 fully saturated rings. The summed E-state index contributed by atoms with van der Waals surface area (Å²) in [5.41, 5.74) is 0. The first-order valence-corrected chi connectivity index (χ1v) is 8.54. The van der Waals surface area contributed by atoms with Crippen molar-refractivity contribution in [2.75, 3.05) is 44.2 Å². The fourth-order valence-electron chi connectivity index (χ4n) is 2.36. The molecule has 1 aliphatic heterocycles. The van der Waals surface area contributed by atoms with E-state index in [9.17, 15) is 0 Å². The van der Waals surface area contributed by atoms with Crippen molar-refractivity contribution in [3.63, 3.8) is 0 Å². The van der Waals surface area contributed by atoms with E-state index >= 15 is 0 Å². The number of nitrogens with one attached hydrogen (secondary N) is 1. The maximum absolute atomic E-state index is 4.73. The highest BCUT2D eigenvalue weighted by Gasteiger charge is 2.19. The minimum Gasteiger partial charge on any atom is -0.360 e. The quantitative estimate of drug-likeness (QED) is 0.514. The van der Waals surface area contributed by atoms with Gasteiger partial charge < -0.3 is 15.1 Å². The standard InChI is InChI=1S/C15H26N4S/c1-3-5-8-17-15(16-4-2)19-11-9-18(10-12-19)14-7-6-13-20-14/h6-7,13H,3-5,8-12H2,1-2H3,(H,16,17). The van der Waals surface area contributed by atoms with Crippen LogP contribution in [-0.2, 0) is 0 Å². The van der Waals surface area contributed by atoms with Gasteiger partial charge in [-0.25, -0.2) is 0 Å². The SMILES string of the molecule is CCCCN=C(NCC)N1CCN(c2cccs2)CC1. The zero-order valence-corrected chi connectivity index (χ0v) is 13.5. The Bertz CT molecular complexity index is 394. The molecule has 0 aliphatic carbocycles. The lowest BCUT2D eigenvalue weighted by Crippen LogP contribution is -2.52. The molecule has 2 rings (SSSR count). The van der Waals surface area contributed by atoms with Gasteiger partial charge in [0.2, 0.25) is 0 Å². The molecule has 112 valence electrons. The second-order valence-electron chi connectivity index (χ2n) is 5.01. The van der Waals surface area contributed by atoms with Gasteiger partial charge in [0.1, 0.15) is 0 Å². The minimum absolute atomic E-state index is 0.934. The van der Waals surface area contributed by atoms with Crippen LogP contribution in [0, 0.1) is 0 Å². The van der Waals surface area contributed by atoms with Crippen molar-refractivity contribution in [3.05, 3.63) is 17.5 Å². The van der Waals surface area contributed by atoms with Gasteiger partial charge >= 0.3 is 0 Å². The summed E-state index contributed by atoms with van der Waals surface area (Å²) in [7, 11) is 0. The van der Waals surface area contributed by atoms with Gasteiger partial charge in [0, 0.05) is 39.3 Å². The predicted molar refractivity (Wildman–Crippen MR) is 89.0 cm³/mol. The van der Waals surface area contributed by atoms with Gasteiger partial charge in [-0.15, -0.1) is 11.3 Å². The third kappa shape index (κ3) is 4.13. The number of hydrogen-bond donors (Lipinski definition) is 1. The molecule has 1 aliphatic rings. The number of rotatable bonds is 5. The monoisotopic (exact) mass is 294 g/mol. The molecule has 1 saturated heterocycles. The first-order chi connectivity index (χ1) is 9.85. The number of unbranched alkanes of at least 4 members (excludes halogenated alkanes) is 1. The van der Waals surface area contributed by atoms with Crippen LogP contribution in [0.25, 0.3) is 0 Å². The highest BCUT2D eigenvalue weighted by molar-refractivity contribution is 7.14. The maximum Gasteiger partial charge on any atom is 0.194 e. The Morgan fingerprint density at radius 2 is 2.10 bits per heavy atom. The molecule has 0 unspecified atom stereocenters. The summed E-state index contributed by atoms with van der Waals surface area (Å²) in [5.74, 6) is 1.09. The third-order valence-electron chi connectivity index (χ3n) is 3.51. The van der Waals surface area contributed by atoms with Gasteiger partial charge in [-0.05, 0) is 30.9 Å². The molecule has 0 bridgehead atoms. The van der Waals surface area contributed by atoms with Crippen LogP contribution in [0.5, 0.6) is 0 Å². The average Bonchev–Trinajstić information content (AvgIpc) is 3.01. The Balaban J connectivity index is 1.88. The van der Waals surface area contributed by atoms with Gasteiger partial charge in [-0.2, -0.15) is 0 Å². The van der Waals surface area contributed by atoms with Crippen molar-refractivity contribution in [1.29, 1.82) is 0 Å². The molecule has 0 radical (unpaired) electrons. The second-order valence-corrected chi connectivity index (χ2v) is 5.94. The molecule has 4 nitrogen and oxygen atoms in total. The van der Waals surface area contributed by atoms with E-state index in [1.54, 1.807) is 0 Å². The summed E-state index contributed by atoms with van der Waals surface area (Å²) < 4.78 is 0. The largest absolute Gasteiger partial charge is 0.360 e. The normalized spacial score (nSPS) is 16.6. The topological polar surface area (TPSA) is 30.9 Å². The Morgan fingerprint density at radius 3 is 2.70 bits per heavy atom. The zero-order chi connectivity index (χ0) is 14.2. The summed E-state index contributed by atoms with van der Waals surface area (Å²) in [4.78, 5) is 9.59. The Hall–Kier alpha value is -1.23. The fourth-order valence-corrected chi connectivity index (χ4v) is 3.14. The Morgan fingerprint density at radius 1 is 1.30 bits per heavy atom. The molecular weight excluding hydrogens is 268 g/mol. The minimum atomic E-state index is 0.934. The molecular formula is C15H26N4S. The van der Waals surface area contributed by atoms with Crippen LogP contribution in [0.3, 0.4) is 0 Å². The van der Waals surface area contributed by atoms with E-state index in [1.165, 1.54) is 17.8 Å². The fraction of sp³-hybridized carbons (Fsp3) is 0.667. The van der Waals surface area contributed by atoms with E-state index in [4.69, 9.17) is 4.99 Å². The zero-order valence-electron chi connectivity index (χ0n) is 12.6. The van der Waals surface area contributed by atoms with Crippen molar-refractivity contribution in [3.8, 4) is 0 Å². The van der Waals surface area contributed by atoms with Crippen LogP contribution in [-0.4, -0.2) is 50.1 Å². The predicted octanol–water partition coefficient (Wildman–Crippen LogP) is 2.64. The number of nitrogens with zero attached hydrogens (tertiary/aromatic N) is 3. The molecule has 0 aromatic carbocycles. The van der Waals surface area contributed by atoms with Crippen LogP contribution in [0.15, 0.2) is 22.5 Å². The van der Waals surface area contributed by atoms with Crippen LogP contribution in [0.2, 0.25) is 0 Å².